The van der Waals surface area contributed by atoms with E-state index in [-0.39, 0.29) is 0 Å². The Morgan fingerprint density at radius 3 is 2.64 bits per heavy atom. The minimum Gasteiger partial charge on any atom is -0.366 e. The molecule has 4 heteroatoms. The summed E-state index contributed by atoms with van der Waals surface area (Å²) in [7, 11) is 0. The number of aromatic nitrogens is 2. The van der Waals surface area contributed by atoms with Crippen molar-refractivity contribution in [3.63, 3.8) is 0 Å². The highest BCUT2D eigenvalue weighted by Crippen LogP contribution is 2.31. The zero-order valence-electron chi connectivity index (χ0n) is 12.9. The van der Waals surface area contributed by atoms with Crippen molar-refractivity contribution in [2.75, 3.05) is 11.1 Å². The van der Waals surface area contributed by atoms with Crippen LogP contribution in [0.4, 0.5) is 5.82 Å². The fraction of sp³-hybridized carbons (Fsp3) is 0.444. The standard InChI is InChI=1S/C18H21N3S/c1-2-22-18-20-16-9-5-8-15(16)17(21-18)19-14-10-12-6-3-4-7-13(12)11-14/h3-4,6-7,14H,2,5,8-11H2,1H3,(H,19,20,21). The van der Waals surface area contributed by atoms with Crippen LogP contribution in [0.2, 0.25) is 0 Å². The molecular weight excluding hydrogens is 290 g/mol. The van der Waals surface area contributed by atoms with Gasteiger partial charge in [0, 0.05) is 11.6 Å². The molecule has 0 bridgehead atoms. The first-order valence-corrected chi connectivity index (χ1v) is 9.18. The average Bonchev–Trinajstić information content (AvgIpc) is 3.13. The molecule has 0 unspecified atom stereocenters. The van der Waals surface area contributed by atoms with Gasteiger partial charge in [-0.2, -0.15) is 0 Å². The van der Waals surface area contributed by atoms with Crippen molar-refractivity contribution >= 4 is 17.6 Å². The van der Waals surface area contributed by atoms with Crippen LogP contribution in [0.15, 0.2) is 29.4 Å². The molecule has 0 saturated carbocycles. The number of anilines is 1. The average molecular weight is 311 g/mol. The van der Waals surface area contributed by atoms with Crippen molar-refractivity contribution < 1.29 is 0 Å². The normalized spacial score (nSPS) is 16.6. The van der Waals surface area contributed by atoms with Gasteiger partial charge in [-0.15, -0.1) is 0 Å². The topological polar surface area (TPSA) is 37.8 Å². The maximum absolute atomic E-state index is 4.80. The van der Waals surface area contributed by atoms with Gasteiger partial charge in [-0.05, 0) is 49.0 Å². The van der Waals surface area contributed by atoms with Gasteiger partial charge in [0.05, 0.1) is 5.69 Å². The summed E-state index contributed by atoms with van der Waals surface area (Å²) in [5, 5.41) is 4.65. The maximum Gasteiger partial charge on any atom is 0.189 e. The Kier molecular flexibility index (Phi) is 3.78. The predicted octanol–water partition coefficient (Wildman–Crippen LogP) is 3.66. The molecule has 4 rings (SSSR count). The van der Waals surface area contributed by atoms with Crippen LogP contribution < -0.4 is 5.32 Å². The highest BCUT2D eigenvalue weighted by Gasteiger charge is 2.25. The summed E-state index contributed by atoms with van der Waals surface area (Å²) in [6.07, 6.45) is 5.64. The van der Waals surface area contributed by atoms with Gasteiger partial charge < -0.3 is 5.32 Å². The lowest BCUT2D eigenvalue weighted by Crippen LogP contribution is -2.21. The lowest BCUT2D eigenvalue weighted by molar-refractivity contribution is 0.758. The number of hydrogen-bond acceptors (Lipinski definition) is 4. The van der Waals surface area contributed by atoms with E-state index in [4.69, 9.17) is 9.97 Å². The van der Waals surface area contributed by atoms with E-state index in [9.17, 15) is 0 Å². The Morgan fingerprint density at radius 1 is 1.14 bits per heavy atom. The second kappa shape index (κ2) is 5.92. The molecule has 1 aromatic heterocycles. The van der Waals surface area contributed by atoms with Crippen molar-refractivity contribution in [1.29, 1.82) is 0 Å². The zero-order valence-corrected chi connectivity index (χ0v) is 13.7. The molecule has 0 saturated heterocycles. The molecule has 114 valence electrons. The fourth-order valence-electron chi connectivity index (χ4n) is 3.58. The Bertz CT molecular complexity index is 674. The summed E-state index contributed by atoms with van der Waals surface area (Å²) in [4.78, 5) is 9.53. The van der Waals surface area contributed by atoms with E-state index >= 15 is 0 Å². The molecule has 22 heavy (non-hydrogen) atoms. The van der Waals surface area contributed by atoms with E-state index < -0.39 is 0 Å². The van der Waals surface area contributed by atoms with Crippen molar-refractivity contribution in [3.05, 3.63) is 46.6 Å². The summed E-state index contributed by atoms with van der Waals surface area (Å²) in [5.74, 6) is 2.11. The van der Waals surface area contributed by atoms with E-state index in [1.54, 1.807) is 11.8 Å². The lowest BCUT2D eigenvalue weighted by atomic mass is 10.1. The van der Waals surface area contributed by atoms with Crippen LogP contribution in [0.3, 0.4) is 0 Å². The van der Waals surface area contributed by atoms with Gasteiger partial charge in [0.15, 0.2) is 5.16 Å². The van der Waals surface area contributed by atoms with E-state index in [0.717, 1.165) is 42.4 Å². The monoisotopic (exact) mass is 311 g/mol. The van der Waals surface area contributed by atoms with Crippen molar-refractivity contribution in [2.45, 2.75) is 50.2 Å². The summed E-state index contributed by atoms with van der Waals surface area (Å²) < 4.78 is 0. The third kappa shape index (κ3) is 2.60. The van der Waals surface area contributed by atoms with Crippen molar-refractivity contribution in [1.82, 2.24) is 9.97 Å². The quantitative estimate of drug-likeness (QED) is 0.691. The third-order valence-corrected chi connectivity index (χ3v) is 5.31. The maximum atomic E-state index is 4.80. The summed E-state index contributed by atoms with van der Waals surface area (Å²) in [5.41, 5.74) is 5.59. The van der Waals surface area contributed by atoms with Crippen LogP contribution in [0.5, 0.6) is 0 Å². The second-order valence-electron chi connectivity index (χ2n) is 6.08. The summed E-state index contributed by atoms with van der Waals surface area (Å²) in [6, 6.07) is 9.25. The number of thioether (sulfide) groups is 1. The molecule has 1 N–H and O–H groups in total. The number of rotatable bonds is 4. The number of benzene rings is 1. The second-order valence-corrected chi connectivity index (χ2v) is 7.32. The minimum absolute atomic E-state index is 0.469. The fourth-order valence-corrected chi connectivity index (χ4v) is 4.17. The zero-order chi connectivity index (χ0) is 14.9. The first-order valence-electron chi connectivity index (χ1n) is 8.19. The number of nitrogens with one attached hydrogen (secondary N) is 1. The first kappa shape index (κ1) is 14.1. The number of fused-ring (bicyclic) bond motifs is 2. The molecule has 2 aliphatic carbocycles. The van der Waals surface area contributed by atoms with Crippen LogP contribution in [0.25, 0.3) is 0 Å². The molecule has 3 nitrogen and oxygen atoms in total. The highest BCUT2D eigenvalue weighted by atomic mass is 32.2. The van der Waals surface area contributed by atoms with Gasteiger partial charge in [-0.25, -0.2) is 9.97 Å². The molecule has 1 heterocycles. The Morgan fingerprint density at radius 2 is 1.91 bits per heavy atom. The Labute approximate surface area is 136 Å². The first-order chi connectivity index (χ1) is 10.8. The largest absolute Gasteiger partial charge is 0.366 e. The van der Waals surface area contributed by atoms with Crippen LogP contribution in [0, 0.1) is 0 Å². The molecule has 1 aromatic carbocycles. The van der Waals surface area contributed by atoms with Crippen molar-refractivity contribution in [3.8, 4) is 0 Å². The summed E-state index contributed by atoms with van der Waals surface area (Å²) >= 11 is 1.74. The van der Waals surface area contributed by atoms with Crippen LogP contribution in [-0.2, 0) is 25.7 Å². The molecule has 0 amide bonds. The van der Waals surface area contributed by atoms with Gasteiger partial charge in [0.1, 0.15) is 5.82 Å². The summed E-state index contributed by atoms with van der Waals surface area (Å²) in [6.45, 7) is 2.15. The van der Waals surface area contributed by atoms with Crippen molar-refractivity contribution in [2.24, 2.45) is 0 Å². The Hall–Kier alpha value is -1.55. The number of hydrogen-bond donors (Lipinski definition) is 1. The van der Waals surface area contributed by atoms with Gasteiger partial charge in [-0.1, -0.05) is 43.0 Å². The van der Waals surface area contributed by atoms with E-state index in [2.05, 4.69) is 36.5 Å². The van der Waals surface area contributed by atoms with Crippen LogP contribution in [0.1, 0.15) is 35.7 Å². The van der Waals surface area contributed by atoms with Gasteiger partial charge in [0.2, 0.25) is 0 Å². The molecule has 0 atom stereocenters. The van der Waals surface area contributed by atoms with E-state index in [0.29, 0.717) is 6.04 Å². The number of nitrogens with zero attached hydrogens (tertiary/aromatic N) is 2. The van der Waals surface area contributed by atoms with Crippen LogP contribution >= 0.6 is 11.8 Å². The predicted molar refractivity (Wildman–Crippen MR) is 91.7 cm³/mol. The molecule has 0 aliphatic heterocycles. The number of aryl methyl sites for hydroxylation is 1. The molecule has 0 radical (unpaired) electrons. The third-order valence-electron chi connectivity index (χ3n) is 4.58. The van der Waals surface area contributed by atoms with Gasteiger partial charge in [-0.3, -0.25) is 0 Å². The Balaban J connectivity index is 1.58. The van der Waals surface area contributed by atoms with Gasteiger partial charge in [0.25, 0.3) is 0 Å². The van der Waals surface area contributed by atoms with Gasteiger partial charge >= 0.3 is 0 Å². The lowest BCUT2D eigenvalue weighted by Gasteiger charge is -2.16. The molecule has 0 fully saturated rings. The minimum atomic E-state index is 0.469. The van der Waals surface area contributed by atoms with Crippen LogP contribution in [-0.4, -0.2) is 21.8 Å². The smallest absolute Gasteiger partial charge is 0.189 e. The molecular formula is C18H21N3S. The van der Waals surface area contributed by atoms with E-state index in [1.807, 2.05) is 0 Å². The highest BCUT2D eigenvalue weighted by molar-refractivity contribution is 7.99. The van der Waals surface area contributed by atoms with E-state index in [1.165, 1.54) is 28.8 Å². The molecule has 2 aliphatic rings. The SMILES string of the molecule is CCSc1nc2c(c(NC3Cc4ccccc4C3)n1)CCC2. The molecule has 2 aromatic rings. The molecule has 0 spiro atoms.